The fraction of sp³-hybridized carbons (Fsp3) is 0.444. The van der Waals surface area contributed by atoms with Crippen LogP contribution in [-0.2, 0) is 0 Å². The van der Waals surface area contributed by atoms with Crippen LogP contribution in [0.1, 0.15) is 24.1 Å². The summed E-state index contributed by atoms with van der Waals surface area (Å²) in [7, 11) is 0. The molecule has 0 radical (unpaired) electrons. The molecule has 64 valence electrons. The monoisotopic (exact) mass is 180 g/mol. The van der Waals surface area contributed by atoms with Gasteiger partial charge in [0.2, 0.25) is 0 Å². The van der Waals surface area contributed by atoms with Gasteiger partial charge in [-0.15, -0.1) is 11.3 Å². The molecule has 1 aliphatic heterocycles. The standard InChI is InChI=1S/C9H12N2S/c1-2-4-11-8(3-1)5-9-6-10-7-12-9/h5-7,11H,1-4H2. The third-order valence-electron chi connectivity index (χ3n) is 1.99. The Hall–Kier alpha value is -0.830. The zero-order chi connectivity index (χ0) is 8.23. The summed E-state index contributed by atoms with van der Waals surface area (Å²) in [6.45, 7) is 1.13. The van der Waals surface area contributed by atoms with Crippen LogP contribution in [-0.4, -0.2) is 11.5 Å². The van der Waals surface area contributed by atoms with E-state index in [1.54, 1.807) is 11.3 Å². The molecule has 0 aromatic carbocycles. The van der Waals surface area contributed by atoms with Gasteiger partial charge in [0.05, 0.1) is 5.51 Å². The molecule has 2 rings (SSSR count). The number of hydrogen-bond donors (Lipinski definition) is 1. The van der Waals surface area contributed by atoms with Crippen molar-refractivity contribution in [2.24, 2.45) is 0 Å². The zero-order valence-electron chi connectivity index (χ0n) is 6.92. The maximum absolute atomic E-state index is 4.03. The number of piperidine rings is 1. The van der Waals surface area contributed by atoms with Gasteiger partial charge in [0.25, 0.3) is 0 Å². The average molecular weight is 180 g/mol. The van der Waals surface area contributed by atoms with Gasteiger partial charge in [0.15, 0.2) is 0 Å². The Kier molecular flexibility index (Phi) is 2.42. The Balaban J connectivity index is 2.07. The number of thiazole rings is 1. The highest BCUT2D eigenvalue weighted by atomic mass is 32.1. The van der Waals surface area contributed by atoms with Crippen molar-refractivity contribution in [1.82, 2.24) is 10.3 Å². The van der Waals surface area contributed by atoms with Gasteiger partial charge in [-0.3, -0.25) is 4.98 Å². The van der Waals surface area contributed by atoms with Crippen LogP contribution in [0.5, 0.6) is 0 Å². The molecular weight excluding hydrogens is 168 g/mol. The maximum atomic E-state index is 4.03. The highest BCUT2D eigenvalue weighted by Gasteiger charge is 2.03. The van der Waals surface area contributed by atoms with Gasteiger partial charge in [-0.1, -0.05) is 0 Å². The summed E-state index contributed by atoms with van der Waals surface area (Å²) in [5.41, 5.74) is 3.24. The average Bonchev–Trinajstić information content (AvgIpc) is 2.59. The molecule has 1 aliphatic rings. The van der Waals surface area contributed by atoms with Crippen molar-refractivity contribution in [3.63, 3.8) is 0 Å². The van der Waals surface area contributed by atoms with Gasteiger partial charge < -0.3 is 5.32 Å². The predicted molar refractivity (Wildman–Crippen MR) is 51.9 cm³/mol. The topological polar surface area (TPSA) is 24.9 Å². The van der Waals surface area contributed by atoms with Crippen molar-refractivity contribution in [2.75, 3.05) is 6.54 Å². The lowest BCUT2D eigenvalue weighted by molar-refractivity contribution is 0.592. The fourth-order valence-corrected chi connectivity index (χ4v) is 1.95. The van der Waals surface area contributed by atoms with Crippen molar-refractivity contribution < 1.29 is 0 Å². The molecule has 1 saturated heterocycles. The first kappa shape index (κ1) is 7.80. The lowest BCUT2D eigenvalue weighted by Gasteiger charge is -2.15. The van der Waals surface area contributed by atoms with Crippen LogP contribution in [0.2, 0.25) is 0 Å². The summed E-state index contributed by atoms with van der Waals surface area (Å²) in [6, 6.07) is 0. The Labute approximate surface area is 76.3 Å². The van der Waals surface area contributed by atoms with Crippen LogP contribution in [0, 0.1) is 0 Å². The molecule has 1 aromatic heterocycles. The molecule has 1 N–H and O–H groups in total. The Morgan fingerprint density at radius 2 is 2.50 bits per heavy atom. The Morgan fingerprint density at radius 3 is 3.17 bits per heavy atom. The summed E-state index contributed by atoms with van der Waals surface area (Å²) < 4.78 is 0. The summed E-state index contributed by atoms with van der Waals surface area (Å²) in [4.78, 5) is 5.28. The van der Waals surface area contributed by atoms with Crippen LogP contribution in [0.25, 0.3) is 6.08 Å². The van der Waals surface area contributed by atoms with Crippen LogP contribution in [0.4, 0.5) is 0 Å². The molecule has 2 heterocycles. The van der Waals surface area contributed by atoms with Gasteiger partial charge in [-0.2, -0.15) is 0 Å². The molecule has 0 aliphatic carbocycles. The smallest absolute Gasteiger partial charge is 0.0797 e. The minimum absolute atomic E-state index is 1.13. The van der Waals surface area contributed by atoms with E-state index in [2.05, 4.69) is 16.4 Å². The number of rotatable bonds is 1. The van der Waals surface area contributed by atoms with Crippen molar-refractivity contribution >= 4 is 17.4 Å². The molecule has 2 nitrogen and oxygen atoms in total. The highest BCUT2D eigenvalue weighted by molar-refractivity contribution is 7.10. The minimum atomic E-state index is 1.13. The first-order valence-electron chi connectivity index (χ1n) is 4.28. The van der Waals surface area contributed by atoms with E-state index in [0.29, 0.717) is 0 Å². The molecule has 0 atom stereocenters. The van der Waals surface area contributed by atoms with Gasteiger partial charge in [-0.25, -0.2) is 0 Å². The summed E-state index contributed by atoms with van der Waals surface area (Å²) in [5.74, 6) is 0. The molecule has 12 heavy (non-hydrogen) atoms. The third kappa shape index (κ3) is 1.85. The number of allylic oxidation sites excluding steroid dienone is 1. The molecule has 1 aromatic rings. The van der Waals surface area contributed by atoms with Gasteiger partial charge in [0, 0.05) is 23.3 Å². The molecule has 0 bridgehead atoms. The second-order valence-electron chi connectivity index (χ2n) is 2.96. The highest BCUT2D eigenvalue weighted by Crippen LogP contribution is 2.16. The van der Waals surface area contributed by atoms with E-state index >= 15 is 0 Å². The van der Waals surface area contributed by atoms with E-state index in [0.717, 1.165) is 6.54 Å². The lowest BCUT2D eigenvalue weighted by atomic mass is 10.1. The van der Waals surface area contributed by atoms with E-state index in [1.807, 2.05) is 11.7 Å². The van der Waals surface area contributed by atoms with Crippen LogP contribution in [0.3, 0.4) is 0 Å². The minimum Gasteiger partial charge on any atom is -0.388 e. The van der Waals surface area contributed by atoms with Crippen molar-refractivity contribution in [3.8, 4) is 0 Å². The van der Waals surface area contributed by atoms with Crippen LogP contribution < -0.4 is 5.32 Å². The van der Waals surface area contributed by atoms with E-state index in [-0.39, 0.29) is 0 Å². The largest absolute Gasteiger partial charge is 0.388 e. The van der Waals surface area contributed by atoms with Gasteiger partial charge in [-0.05, 0) is 25.3 Å². The number of aromatic nitrogens is 1. The van der Waals surface area contributed by atoms with E-state index < -0.39 is 0 Å². The first-order valence-corrected chi connectivity index (χ1v) is 5.16. The van der Waals surface area contributed by atoms with Crippen LogP contribution in [0.15, 0.2) is 17.4 Å². The van der Waals surface area contributed by atoms with E-state index in [4.69, 9.17) is 0 Å². The Morgan fingerprint density at radius 1 is 1.50 bits per heavy atom. The lowest BCUT2D eigenvalue weighted by Crippen LogP contribution is -2.19. The number of nitrogens with one attached hydrogen (secondary N) is 1. The van der Waals surface area contributed by atoms with Crippen molar-refractivity contribution in [1.29, 1.82) is 0 Å². The third-order valence-corrected chi connectivity index (χ3v) is 2.72. The van der Waals surface area contributed by atoms with E-state index in [1.165, 1.54) is 29.8 Å². The second-order valence-corrected chi connectivity index (χ2v) is 3.88. The molecular formula is C9H12N2S. The SMILES string of the molecule is C(=C1CCCCN1)c1cncs1. The molecule has 0 unspecified atom stereocenters. The zero-order valence-corrected chi connectivity index (χ0v) is 7.73. The Bertz CT molecular complexity index is 256. The number of nitrogens with zero attached hydrogens (tertiary/aromatic N) is 1. The van der Waals surface area contributed by atoms with Gasteiger partial charge in [0.1, 0.15) is 0 Å². The maximum Gasteiger partial charge on any atom is 0.0797 e. The predicted octanol–water partition coefficient (Wildman–Crippen LogP) is 2.26. The molecule has 1 fully saturated rings. The van der Waals surface area contributed by atoms with Crippen LogP contribution >= 0.6 is 11.3 Å². The summed E-state index contributed by atoms with van der Waals surface area (Å²) >= 11 is 1.69. The molecule has 3 heteroatoms. The second kappa shape index (κ2) is 3.72. The van der Waals surface area contributed by atoms with Crippen molar-refractivity contribution in [3.05, 3.63) is 22.3 Å². The first-order chi connectivity index (χ1) is 5.95. The van der Waals surface area contributed by atoms with Gasteiger partial charge >= 0.3 is 0 Å². The molecule has 0 saturated carbocycles. The van der Waals surface area contributed by atoms with E-state index in [9.17, 15) is 0 Å². The molecule has 0 spiro atoms. The number of hydrogen-bond acceptors (Lipinski definition) is 3. The quantitative estimate of drug-likeness (QED) is 0.717. The normalized spacial score (nSPS) is 20.8. The van der Waals surface area contributed by atoms with Crippen molar-refractivity contribution in [2.45, 2.75) is 19.3 Å². The molecule has 0 amide bonds. The summed E-state index contributed by atoms with van der Waals surface area (Å²) in [5, 5.41) is 3.40. The fourth-order valence-electron chi connectivity index (χ4n) is 1.37. The summed E-state index contributed by atoms with van der Waals surface area (Å²) in [6.07, 6.45) is 7.93.